The van der Waals surface area contributed by atoms with Crippen molar-refractivity contribution in [2.75, 3.05) is 11.9 Å². The molecule has 2 heterocycles. The molecule has 1 fully saturated rings. The topological polar surface area (TPSA) is 88.5 Å². The molecule has 2 aromatic rings. The smallest absolute Gasteiger partial charge is 0.344 e. The van der Waals surface area contributed by atoms with Crippen LogP contribution >= 0.6 is 23.3 Å². The standard InChI is InChI=1S/C10H14N6OS2/c1-2-11-8-7(12-15-19-8)5-18-10-14-13-9(17)16(10)6-3-4-6/h6,11H,2-5H2,1H3,(H,13,17). The first-order chi connectivity index (χ1) is 9.29. The summed E-state index contributed by atoms with van der Waals surface area (Å²) in [4.78, 5) is 11.6. The maximum atomic E-state index is 11.6. The molecule has 0 unspecified atom stereocenters. The molecule has 2 aromatic heterocycles. The molecule has 19 heavy (non-hydrogen) atoms. The summed E-state index contributed by atoms with van der Waals surface area (Å²) in [7, 11) is 0. The number of rotatable bonds is 6. The average Bonchev–Trinajstić information content (AvgIpc) is 3.03. The average molecular weight is 298 g/mol. The Morgan fingerprint density at radius 1 is 1.58 bits per heavy atom. The number of hydrogen-bond acceptors (Lipinski definition) is 7. The summed E-state index contributed by atoms with van der Waals surface area (Å²) in [5, 5.41) is 15.7. The fourth-order valence-corrected chi connectivity index (χ4v) is 3.47. The van der Waals surface area contributed by atoms with Gasteiger partial charge < -0.3 is 5.32 Å². The van der Waals surface area contributed by atoms with Crippen molar-refractivity contribution >= 4 is 28.3 Å². The van der Waals surface area contributed by atoms with Crippen LogP contribution in [0, 0.1) is 0 Å². The van der Waals surface area contributed by atoms with E-state index >= 15 is 0 Å². The van der Waals surface area contributed by atoms with Gasteiger partial charge in [-0.15, -0.1) is 10.2 Å². The van der Waals surface area contributed by atoms with Crippen molar-refractivity contribution in [3.63, 3.8) is 0 Å². The van der Waals surface area contributed by atoms with Crippen LogP contribution in [0.15, 0.2) is 9.95 Å². The highest BCUT2D eigenvalue weighted by molar-refractivity contribution is 7.98. The Balaban J connectivity index is 1.72. The molecular formula is C10H14N6OS2. The molecule has 3 rings (SSSR count). The molecule has 102 valence electrons. The van der Waals surface area contributed by atoms with Gasteiger partial charge in [0.2, 0.25) is 0 Å². The number of thioether (sulfide) groups is 1. The maximum Gasteiger partial charge on any atom is 0.344 e. The highest BCUT2D eigenvalue weighted by atomic mass is 32.2. The van der Waals surface area contributed by atoms with Gasteiger partial charge >= 0.3 is 5.69 Å². The predicted octanol–water partition coefficient (Wildman–Crippen LogP) is 1.48. The molecule has 9 heteroatoms. The van der Waals surface area contributed by atoms with E-state index in [1.165, 1.54) is 23.3 Å². The summed E-state index contributed by atoms with van der Waals surface area (Å²) in [5.41, 5.74) is 0.794. The van der Waals surface area contributed by atoms with Gasteiger partial charge in [0.05, 0.1) is 0 Å². The molecule has 2 N–H and O–H groups in total. The number of hydrogen-bond donors (Lipinski definition) is 2. The van der Waals surface area contributed by atoms with Crippen molar-refractivity contribution < 1.29 is 0 Å². The summed E-state index contributed by atoms with van der Waals surface area (Å²) < 4.78 is 5.69. The van der Waals surface area contributed by atoms with Crippen molar-refractivity contribution in [2.24, 2.45) is 0 Å². The van der Waals surface area contributed by atoms with E-state index in [1.54, 1.807) is 4.57 Å². The molecule has 1 aliphatic rings. The summed E-state index contributed by atoms with van der Waals surface area (Å²) in [5.74, 6) is 0.663. The molecule has 1 aliphatic carbocycles. The van der Waals surface area contributed by atoms with E-state index in [-0.39, 0.29) is 5.69 Å². The van der Waals surface area contributed by atoms with Gasteiger partial charge in [0.1, 0.15) is 10.7 Å². The normalized spacial score (nSPS) is 14.8. The first-order valence-electron chi connectivity index (χ1n) is 6.14. The van der Waals surface area contributed by atoms with Crippen LogP contribution in [0.3, 0.4) is 0 Å². The van der Waals surface area contributed by atoms with Gasteiger partial charge in [-0.05, 0) is 19.8 Å². The van der Waals surface area contributed by atoms with E-state index in [4.69, 9.17) is 0 Å². The second kappa shape index (κ2) is 5.33. The quantitative estimate of drug-likeness (QED) is 0.785. The molecule has 1 saturated carbocycles. The highest BCUT2D eigenvalue weighted by Crippen LogP contribution is 2.36. The summed E-state index contributed by atoms with van der Waals surface area (Å²) in [6.45, 7) is 2.88. The number of H-pyrrole nitrogens is 1. The number of aromatic amines is 1. The minimum Gasteiger partial charge on any atom is -0.374 e. The molecule has 0 amide bonds. The van der Waals surface area contributed by atoms with Gasteiger partial charge in [0, 0.05) is 29.9 Å². The summed E-state index contributed by atoms with van der Waals surface area (Å²) >= 11 is 2.87. The van der Waals surface area contributed by atoms with Crippen LogP contribution in [-0.2, 0) is 5.75 Å². The predicted molar refractivity (Wildman–Crippen MR) is 74.8 cm³/mol. The Labute approximate surface area is 118 Å². The van der Waals surface area contributed by atoms with E-state index in [2.05, 4.69) is 25.1 Å². The zero-order valence-electron chi connectivity index (χ0n) is 10.4. The summed E-state index contributed by atoms with van der Waals surface area (Å²) in [6.07, 6.45) is 2.13. The second-order valence-corrected chi connectivity index (χ2v) is 5.98. The molecule has 0 bridgehead atoms. The molecule has 0 radical (unpaired) electrons. The van der Waals surface area contributed by atoms with Crippen LogP contribution in [0.25, 0.3) is 0 Å². The van der Waals surface area contributed by atoms with Gasteiger partial charge in [-0.1, -0.05) is 16.3 Å². The molecular weight excluding hydrogens is 284 g/mol. The van der Waals surface area contributed by atoms with Gasteiger partial charge in [0.25, 0.3) is 0 Å². The van der Waals surface area contributed by atoms with Crippen LogP contribution < -0.4 is 11.0 Å². The fraction of sp³-hybridized carbons (Fsp3) is 0.600. The Bertz CT molecular complexity index is 614. The van der Waals surface area contributed by atoms with Gasteiger partial charge in [-0.25, -0.2) is 9.89 Å². The van der Waals surface area contributed by atoms with E-state index < -0.39 is 0 Å². The van der Waals surface area contributed by atoms with Crippen molar-refractivity contribution in [1.29, 1.82) is 0 Å². The van der Waals surface area contributed by atoms with Crippen LogP contribution in [0.1, 0.15) is 31.5 Å². The molecule has 0 saturated heterocycles. The lowest BCUT2D eigenvalue weighted by Gasteiger charge is -2.03. The zero-order chi connectivity index (χ0) is 13.2. The first-order valence-corrected chi connectivity index (χ1v) is 7.90. The minimum atomic E-state index is -0.117. The lowest BCUT2D eigenvalue weighted by molar-refractivity contribution is 0.642. The highest BCUT2D eigenvalue weighted by Gasteiger charge is 2.28. The lowest BCUT2D eigenvalue weighted by Crippen LogP contribution is -2.16. The van der Waals surface area contributed by atoms with Crippen LogP contribution in [0.2, 0.25) is 0 Å². The second-order valence-electron chi connectivity index (χ2n) is 4.28. The largest absolute Gasteiger partial charge is 0.374 e. The Morgan fingerprint density at radius 2 is 2.42 bits per heavy atom. The van der Waals surface area contributed by atoms with Crippen LogP contribution in [0.5, 0.6) is 0 Å². The zero-order valence-corrected chi connectivity index (χ0v) is 12.1. The Hall–Kier alpha value is -1.35. The molecule has 0 atom stereocenters. The summed E-state index contributed by atoms with van der Waals surface area (Å²) in [6, 6.07) is 0.329. The van der Waals surface area contributed by atoms with Gasteiger partial charge in [0.15, 0.2) is 5.16 Å². The van der Waals surface area contributed by atoms with Crippen molar-refractivity contribution in [1.82, 2.24) is 24.4 Å². The first kappa shape index (κ1) is 12.7. The Morgan fingerprint density at radius 3 is 3.16 bits per heavy atom. The maximum absolute atomic E-state index is 11.6. The minimum absolute atomic E-state index is 0.117. The monoisotopic (exact) mass is 298 g/mol. The van der Waals surface area contributed by atoms with Gasteiger partial charge in [-0.2, -0.15) is 0 Å². The van der Waals surface area contributed by atoms with E-state index in [0.29, 0.717) is 11.8 Å². The van der Waals surface area contributed by atoms with Gasteiger partial charge in [-0.3, -0.25) is 4.57 Å². The molecule has 0 aliphatic heterocycles. The van der Waals surface area contributed by atoms with Crippen molar-refractivity contribution in [2.45, 2.75) is 36.7 Å². The lowest BCUT2D eigenvalue weighted by atomic mass is 10.5. The molecule has 0 aromatic carbocycles. The fourth-order valence-electron chi connectivity index (χ4n) is 1.78. The molecule has 0 spiro atoms. The van der Waals surface area contributed by atoms with E-state index in [0.717, 1.165) is 35.2 Å². The van der Waals surface area contributed by atoms with E-state index in [9.17, 15) is 4.79 Å². The molecule has 7 nitrogen and oxygen atoms in total. The number of nitrogens with one attached hydrogen (secondary N) is 2. The van der Waals surface area contributed by atoms with Crippen LogP contribution in [-0.4, -0.2) is 30.9 Å². The number of aromatic nitrogens is 5. The Kier molecular flexibility index (Phi) is 3.56. The third kappa shape index (κ3) is 2.66. The third-order valence-corrected chi connectivity index (χ3v) is 4.50. The third-order valence-electron chi connectivity index (χ3n) is 2.82. The number of nitrogens with zero attached hydrogens (tertiary/aromatic N) is 4. The van der Waals surface area contributed by atoms with Crippen molar-refractivity contribution in [3.05, 3.63) is 16.2 Å². The number of anilines is 1. The van der Waals surface area contributed by atoms with E-state index in [1.807, 2.05) is 6.92 Å². The van der Waals surface area contributed by atoms with Crippen LogP contribution in [0.4, 0.5) is 5.00 Å². The SMILES string of the molecule is CCNc1snnc1CSc1n[nH]c(=O)n1C1CC1. The van der Waals surface area contributed by atoms with Crippen molar-refractivity contribution in [3.8, 4) is 0 Å².